The molecule has 1 spiro atoms. The maximum atomic E-state index is 13.7. The fourth-order valence-corrected chi connectivity index (χ4v) is 6.85. The van der Waals surface area contributed by atoms with Crippen molar-refractivity contribution in [2.75, 3.05) is 0 Å². The Hall–Kier alpha value is -1.89. The molecular formula is C24H33N3O4. The van der Waals surface area contributed by atoms with Crippen molar-refractivity contribution in [1.82, 2.24) is 15.5 Å². The van der Waals surface area contributed by atoms with Crippen LogP contribution in [0.15, 0.2) is 12.2 Å². The molecule has 7 heteroatoms. The zero-order valence-electron chi connectivity index (χ0n) is 18.1. The van der Waals surface area contributed by atoms with Crippen molar-refractivity contribution in [3.63, 3.8) is 0 Å². The molecule has 2 bridgehead atoms. The van der Waals surface area contributed by atoms with Crippen LogP contribution >= 0.6 is 0 Å². The Kier molecular flexibility index (Phi) is 4.67. The molecule has 3 heterocycles. The van der Waals surface area contributed by atoms with Gasteiger partial charge in [-0.3, -0.25) is 14.4 Å². The van der Waals surface area contributed by atoms with E-state index in [1.807, 2.05) is 12.2 Å². The number of hydrogen-bond acceptors (Lipinski definition) is 4. The molecule has 3 aliphatic carbocycles. The number of nitrogens with zero attached hydrogens (tertiary/aromatic N) is 1. The Morgan fingerprint density at radius 2 is 1.52 bits per heavy atom. The molecule has 0 radical (unpaired) electrons. The summed E-state index contributed by atoms with van der Waals surface area (Å²) in [7, 11) is 0. The first-order chi connectivity index (χ1) is 15.1. The Labute approximate surface area is 183 Å². The van der Waals surface area contributed by atoms with Gasteiger partial charge in [0.1, 0.15) is 11.6 Å². The maximum absolute atomic E-state index is 13.7. The lowest BCUT2D eigenvalue weighted by Crippen LogP contribution is -2.56. The van der Waals surface area contributed by atoms with Crippen molar-refractivity contribution >= 4 is 17.7 Å². The molecule has 3 aliphatic heterocycles. The van der Waals surface area contributed by atoms with Crippen LogP contribution in [0.25, 0.3) is 0 Å². The highest BCUT2D eigenvalue weighted by molar-refractivity contribution is 6.00. The molecule has 3 amide bonds. The normalized spacial score (nSPS) is 39.9. The molecule has 31 heavy (non-hydrogen) atoms. The van der Waals surface area contributed by atoms with Gasteiger partial charge in [0.05, 0.1) is 17.9 Å². The third-order valence-corrected chi connectivity index (χ3v) is 8.46. The highest BCUT2D eigenvalue weighted by Crippen LogP contribution is 2.57. The zero-order chi connectivity index (χ0) is 21.2. The van der Waals surface area contributed by atoms with Gasteiger partial charge in [0.25, 0.3) is 0 Å². The lowest BCUT2D eigenvalue weighted by molar-refractivity contribution is -0.142. The number of rotatable bonds is 5. The highest BCUT2D eigenvalue weighted by atomic mass is 16.5. The molecule has 168 valence electrons. The first-order valence-electron chi connectivity index (χ1n) is 12.4. The summed E-state index contributed by atoms with van der Waals surface area (Å²) in [5.74, 6) is -1.37. The molecule has 2 N–H and O–H groups in total. The van der Waals surface area contributed by atoms with E-state index in [1.165, 1.54) is 6.42 Å². The number of amides is 3. The van der Waals surface area contributed by atoms with E-state index in [1.54, 1.807) is 4.90 Å². The van der Waals surface area contributed by atoms with Crippen LogP contribution in [0.3, 0.4) is 0 Å². The standard InChI is InChI=1S/C24H33N3O4/c28-21(25-14-6-2-1-3-7-14)18-17-12-13-24(31-17)19(18)23(30)27(16-10-11-16)20(24)22(29)26-15-8-4-5-9-15/h12-20H,1-11H2,(H,25,28)(H,26,29)/t17-,18+,19+,20-,24+/m1/s1. The fraction of sp³-hybridized carbons (Fsp3) is 0.792. The summed E-state index contributed by atoms with van der Waals surface area (Å²) < 4.78 is 6.39. The smallest absolute Gasteiger partial charge is 0.246 e. The van der Waals surface area contributed by atoms with E-state index >= 15 is 0 Å². The summed E-state index contributed by atoms with van der Waals surface area (Å²) in [6.07, 6.45) is 15.1. The Morgan fingerprint density at radius 1 is 0.903 bits per heavy atom. The Balaban J connectivity index is 1.28. The number of carbonyl (C=O) groups is 3. The largest absolute Gasteiger partial charge is 0.359 e. The van der Waals surface area contributed by atoms with Crippen molar-refractivity contribution in [2.24, 2.45) is 11.8 Å². The Morgan fingerprint density at radius 3 is 2.16 bits per heavy atom. The van der Waals surface area contributed by atoms with Gasteiger partial charge in [0, 0.05) is 18.1 Å². The van der Waals surface area contributed by atoms with Crippen LogP contribution in [0.2, 0.25) is 0 Å². The molecule has 5 fully saturated rings. The molecule has 0 aromatic rings. The van der Waals surface area contributed by atoms with Crippen molar-refractivity contribution in [3.8, 4) is 0 Å². The quantitative estimate of drug-likeness (QED) is 0.655. The predicted octanol–water partition coefficient (Wildman–Crippen LogP) is 1.81. The van der Waals surface area contributed by atoms with Crippen LogP contribution in [0, 0.1) is 11.8 Å². The van der Waals surface area contributed by atoms with Gasteiger partial charge in [0.15, 0.2) is 0 Å². The van der Waals surface area contributed by atoms with Gasteiger partial charge in [-0.15, -0.1) is 0 Å². The number of fused-ring (bicyclic) bond motifs is 1. The first kappa shape index (κ1) is 19.8. The second-order valence-electron chi connectivity index (χ2n) is 10.5. The highest BCUT2D eigenvalue weighted by Gasteiger charge is 2.74. The number of ether oxygens (including phenoxy) is 1. The number of hydrogen-bond donors (Lipinski definition) is 2. The molecule has 3 saturated carbocycles. The van der Waals surface area contributed by atoms with E-state index in [0.29, 0.717) is 0 Å². The second kappa shape index (κ2) is 7.32. The second-order valence-corrected chi connectivity index (χ2v) is 10.5. The Bertz CT molecular complexity index is 812. The van der Waals surface area contributed by atoms with Crippen molar-refractivity contribution in [3.05, 3.63) is 12.2 Å². The average Bonchev–Trinajstić information content (AvgIpc) is 3.11. The first-order valence-corrected chi connectivity index (χ1v) is 12.4. The third kappa shape index (κ3) is 3.06. The van der Waals surface area contributed by atoms with Crippen LogP contribution in [0.5, 0.6) is 0 Å². The van der Waals surface area contributed by atoms with E-state index < -0.39 is 29.6 Å². The minimum absolute atomic E-state index is 0.0651. The topological polar surface area (TPSA) is 87.7 Å². The van der Waals surface area contributed by atoms with Gasteiger partial charge in [-0.25, -0.2) is 0 Å². The summed E-state index contributed by atoms with van der Waals surface area (Å²) in [4.78, 5) is 42.3. The van der Waals surface area contributed by atoms with Gasteiger partial charge < -0.3 is 20.3 Å². The lowest BCUT2D eigenvalue weighted by Gasteiger charge is -2.33. The lowest BCUT2D eigenvalue weighted by atomic mass is 9.74. The van der Waals surface area contributed by atoms with Crippen LogP contribution in [-0.2, 0) is 19.1 Å². The maximum Gasteiger partial charge on any atom is 0.246 e. The summed E-state index contributed by atoms with van der Waals surface area (Å²) in [6.45, 7) is 0. The predicted molar refractivity (Wildman–Crippen MR) is 113 cm³/mol. The molecular weight excluding hydrogens is 394 g/mol. The van der Waals surface area contributed by atoms with E-state index in [-0.39, 0.29) is 35.8 Å². The van der Waals surface area contributed by atoms with Gasteiger partial charge in [-0.05, 0) is 38.5 Å². The molecule has 6 rings (SSSR count). The zero-order valence-corrected chi connectivity index (χ0v) is 18.1. The van der Waals surface area contributed by atoms with Crippen LogP contribution in [0.4, 0.5) is 0 Å². The molecule has 7 nitrogen and oxygen atoms in total. The third-order valence-electron chi connectivity index (χ3n) is 8.46. The van der Waals surface area contributed by atoms with Crippen LogP contribution in [-0.4, -0.2) is 58.5 Å². The average molecular weight is 428 g/mol. The van der Waals surface area contributed by atoms with Crippen molar-refractivity contribution in [1.29, 1.82) is 0 Å². The molecule has 5 atom stereocenters. The molecule has 6 aliphatic rings. The van der Waals surface area contributed by atoms with Crippen LogP contribution in [0.1, 0.15) is 70.6 Å². The van der Waals surface area contributed by atoms with Gasteiger partial charge in [-0.1, -0.05) is 44.3 Å². The molecule has 0 unspecified atom stereocenters. The summed E-state index contributed by atoms with van der Waals surface area (Å²) in [5.41, 5.74) is -0.998. The summed E-state index contributed by atoms with van der Waals surface area (Å²) in [6, 6.07) is -0.179. The monoisotopic (exact) mass is 427 g/mol. The summed E-state index contributed by atoms with van der Waals surface area (Å²) in [5, 5.41) is 6.42. The fourth-order valence-electron chi connectivity index (χ4n) is 6.85. The minimum Gasteiger partial charge on any atom is -0.359 e. The molecule has 2 saturated heterocycles. The van der Waals surface area contributed by atoms with E-state index in [2.05, 4.69) is 10.6 Å². The number of nitrogens with one attached hydrogen (secondary N) is 2. The van der Waals surface area contributed by atoms with Crippen molar-refractivity contribution in [2.45, 2.75) is 107 Å². The van der Waals surface area contributed by atoms with Crippen LogP contribution < -0.4 is 10.6 Å². The number of likely N-dealkylation sites (tertiary alicyclic amines) is 1. The van der Waals surface area contributed by atoms with E-state index in [0.717, 1.165) is 64.2 Å². The van der Waals surface area contributed by atoms with Gasteiger partial charge >= 0.3 is 0 Å². The molecule has 0 aromatic heterocycles. The SMILES string of the molecule is O=C(NC1CCCCC1)[C@@H]1[C@H]2C(=O)N(C3CC3)[C@H](C(=O)NC3CCCC3)[C@]23C=C[C@H]1O3. The number of carbonyl (C=O) groups excluding carboxylic acids is 3. The molecule has 0 aromatic carbocycles. The minimum atomic E-state index is -0.998. The van der Waals surface area contributed by atoms with Gasteiger partial charge in [-0.2, -0.15) is 0 Å². The van der Waals surface area contributed by atoms with Crippen molar-refractivity contribution < 1.29 is 19.1 Å². The van der Waals surface area contributed by atoms with E-state index in [4.69, 9.17) is 4.74 Å². The summed E-state index contributed by atoms with van der Waals surface area (Å²) >= 11 is 0. The van der Waals surface area contributed by atoms with Gasteiger partial charge in [0.2, 0.25) is 17.7 Å². The van der Waals surface area contributed by atoms with E-state index in [9.17, 15) is 14.4 Å².